The lowest BCUT2D eigenvalue weighted by Crippen LogP contribution is -2.38. The number of fused-ring (bicyclic) bond motifs is 1. The number of ether oxygens (including phenoxy) is 1. The van der Waals surface area contributed by atoms with Crippen LogP contribution in [0.3, 0.4) is 0 Å². The first-order valence-corrected chi connectivity index (χ1v) is 9.11. The van der Waals surface area contributed by atoms with Gasteiger partial charge in [-0.05, 0) is 25.0 Å². The van der Waals surface area contributed by atoms with E-state index >= 15 is 0 Å². The van der Waals surface area contributed by atoms with Crippen LogP contribution in [0.5, 0.6) is 5.75 Å². The minimum atomic E-state index is -0.402. The van der Waals surface area contributed by atoms with E-state index in [-0.39, 0.29) is 24.3 Å². The Morgan fingerprint density at radius 1 is 1.19 bits per heavy atom. The summed E-state index contributed by atoms with van der Waals surface area (Å²) in [5.41, 5.74) is 1.60. The van der Waals surface area contributed by atoms with Gasteiger partial charge in [0.25, 0.3) is 5.91 Å². The van der Waals surface area contributed by atoms with E-state index in [1.54, 1.807) is 18.1 Å². The van der Waals surface area contributed by atoms with Crippen LogP contribution in [0.2, 0.25) is 0 Å². The van der Waals surface area contributed by atoms with Gasteiger partial charge in [0.15, 0.2) is 5.84 Å². The minimum absolute atomic E-state index is 0.0671. The molecule has 3 aliphatic rings. The first-order chi connectivity index (χ1) is 13.2. The third kappa shape index (κ3) is 3.74. The zero-order chi connectivity index (χ0) is 18.8. The van der Waals surface area contributed by atoms with Crippen molar-refractivity contribution in [1.29, 1.82) is 0 Å². The third-order valence-corrected chi connectivity index (χ3v) is 4.89. The van der Waals surface area contributed by atoms with Crippen molar-refractivity contribution in [2.45, 2.75) is 19.4 Å². The Morgan fingerprint density at radius 2 is 2.00 bits per heavy atom. The molecule has 0 radical (unpaired) electrons. The molecule has 1 atom stereocenters. The van der Waals surface area contributed by atoms with Crippen molar-refractivity contribution < 1.29 is 14.3 Å². The molecule has 27 heavy (non-hydrogen) atoms. The Labute approximate surface area is 157 Å². The monoisotopic (exact) mass is 363 g/mol. The number of benzene rings is 1. The largest absolute Gasteiger partial charge is 0.496 e. The smallest absolute Gasteiger partial charge is 0.260 e. The summed E-state index contributed by atoms with van der Waals surface area (Å²) >= 11 is 0. The highest BCUT2D eigenvalue weighted by atomic mass is 16.5. The second-order valence-electron chi connectivity index (χ2n) is 6.91. The number of amidine groups is 1. The van der Waals surface area contributed by atoms with E-state index in [0.717, 1.165) is 24.2 Å². The van der Waals surface area contributed by atoms with Crippen LogP contribution in [0.25, 0.3) is 0 Å². The Morgan fingerprint density at radius 3 is 2.78 bits per heavy atom. The topological polar surface area (TPSA) is 71.3 Å². The number of carbonyl (C=O) groups excluding carboxylic acids is 2. The second-order valence-corrected chi connectivity index (χ2v) is 6.91. The summed E-state index contributed by atoms with van der Waals surface area (Å²) in [4.78, 5) is 35.5. The minimum Gasteiger partial charge on any atom is -0.496 e. The van der Waals surface area contributed by atoms with Gasteiger partial charge < -0.3 is 9.64 Å². The van der Waals surface area contributed by atoms with Crippen LogP contribution in [0.1, 0.15) is 18.4 Å². The number of nitrogens with zero attached hydrogens (tertiary/aromatic N) is 3. The number of methoxy groups -OCH3 is 1. The molecule has 1 heterocycles. The summed E-state index contributed by atoms with van der Waals surface area (Å²) in [7, 11) is 1.62. The molecule has 2 aliphatic carbocycles. The van der Waals surface area contributed by atoms with Crippen molar-refractivity contribution >= 4 is 23.4 Å². The van der Waals surface area contributed by atoms with E-state index in [2.05, 4.69) is 9.98 Å². The third-order valence-electron chi connectivity index (χ3n) is 4.89. The Hall–Kier alpha value is -3.02. The van der Waals surface area contributed by atoms with E-state index in [1.807, 2.05) is 42.5 Å². The van der Waals surface area contributed by atoms with Crippen molar-refractivity contribution in [2.75, 3.05) is 13.7 Å². The number of hydrogen-bond donors (Lipinski definition) is 0. The van der Waals surface area contributed by atoms with E-state index < -0.39 is 5.92 Å². The van der Waals surface area contributed by atoms with Gasteiger partial charge in [-0.3, -0.25) is 9.59 Å². The van der Waals surface area contributed by atoms with Gasteiger partial charge in [0.1, 0.15) is 11.7 Å². The molecule has 1 aliphatic heterocycles. The van der Waals surface area contributed by atoms with Crippen LogP contribution >= 0.6 is 0 Å². The second kappa shape index (κ2) is 7.31. The van der Waals surface area contributed by atoms with Gasteiger partial charge in [-0.15, -0.1) is 0 Å². The fourth-order valence-corrected chi connectivity index (χ4v) is 3.30. The first-order valence-electron chi connectivity index (χ1n) is 9.11. The van der Waals surface area contributed by atoms with E-state index in [1.165, 1.54) is 0 Å². The Kier molecular flexibility index (Phi) is 4.71. The molecule has 1 fully saturated rings. The Bertz CT molecular complexity index is 894. The molecule has 4 rings (SSSR count). The Balaban J connectivity index is 1.58. The lowest BCUT2D eigenvalue weighted by Gasteiger charge is -2.25. The van der Waals surface area contributed by atoms with Gasteiger partial charge in [0.2, 0.25) is 5.91 Å². The van der Waals surface area contributed by atoms with E-state index in [4.69, 9.17) is 4.74 Å². The van der Waals surface area contributed by atoms with Gasteiger partial charge in [-0.1, -0.05) is 36.4 Å². The van der Waals surface area contributed by atoms with Crippen molar-refractivity contribution in [3.05, 3.63) is 54.1 Å². The van der Waals surface area contributed by atoms with Gasteiger partial charge >= 0.3 is 0 Å². The predicted octanol–water partition coefficient (Wildman–Crippen LogP) is 2.56. The predicted molar refractivity (Wildman–Crippen MR) is 103 cm³/mol. The summed E-state index contributed by atoms with van der Waals surface area (Å²) < 4.78 is 5.41. The number of amides is 2. The zero-order valence-electron chi connectivity index (χ0n) is 15.2. The first kappa shape index (κ1) is 17.4. The molecule has 2 amide bonds. The van der Waals surface area contributed by atoms with Gasteiger partial charge in [0.05, 0.1) is 19.4 Å². The lowest BCUT2D eigenvalue weighted by molar-refractivity contribution is -0.132. The molecule has 6 nitrogen and oxygen atoms in total. The molecule has 1 unspecified atom stereocenters. The van der Waals surface area contributed by atoms with E-state index in [0.29, 0.717) is 18.1 Å². The van der Waals surface area contributed by atoms with Crippen molar-refractivity contribution in [1.82, 2.24) is 4.90 Å². The van der Waals surface area contributed by atoms with Crippen LogP contribution in [-0.2, 0) is 16.1 Å². The quantitative estimate of drug-likeness (QED) is 0.780. The highest BCUT2D eigenvalue weighted by molar-refractivity contribution is 6.21. The molecule has 0 saturated heterocycles. The zero-order valence-corrected chi connectivity index (χ0v) is 15.2. The molecule has 1 aromatic rings. The normalized spacial score (nSPS) is 20.6. The highest BCUT2D eigenvalue weighted by Gasteiger charge is 2.35. The SMILES string of the molecule is COc1ccccc1CN(CC1=NC(=O)C2C=CC=CC2=N1)C(=O)C1CC1. The molecule has 0 spiro atoms. The average Bonchev–Trinajstić information content (AvgIpc) is 3.53. The van der Waals surface area contributed by atoms with Crippen LogP contribution in [-0.4, -0.2) is 41.9 Å². The van der Waals surface area contributed by atoms with Gasteiger partial charge in [-0.25, -0.2) is 4.99 Å². The number of allylic oxidation sites excluding steroid dienone is 3. The average molecular weight is 363 g/mol. The molecule has 1 saturated carbocycles. The van der Waals surface area contributed by atoms with Crippen LogP contribution in [0.15, 0.2) is 58.6 Å². The summed E-state index contributed by atoms with van der Waals surface area (Å²) in [6.45, 7) is 0.615. The summed E-state index contributed by atoms with van der Waals surface area (Å²) in [6.07, 6.45) is 9.13. The number of rotatable bonds is 6. The molecule has 0 aromatic heterocycles. The molecule has 138 valence electrons. The van der Waals surface area contributed by atoms with Crippen LogP contribution in [0, 0.1) is 11.8 Å². The van der Waals surface area contributed by atoms with Crippen LogP contribution < -0.4 is 4.74 Å². The summed E-state index contributed by atoms with van der Waals surface area (Å²) in [6, 6.07) is 7.63. The number of hydrogen-bond acceptors (Lipinski definition) is 4. The fourth-order valence-electron chi connectivity index (χ4n) is 3.30. The van der Waals surface area contributed by atoms with Gasteiger partial charge in [-0.2, -0.15) is 4.99 Å². The standard InChI is InChI=1S/C21H21N3O3/c1-27-18-9-5-2-6-15(18)12-24(21(26)14-10-11-14)13-19-22-17-8-4-3-7-16(17)20(25)23-19/h2-9,14,16H,10-13H2,1H3. The maximum atomic E-state index is 12.8. The highest BCUT2D eigenvalue weighted by Crippen LogP contribution is 2.32. The van der Waals surface area contributed by atoms with E-state index in [9.17, 15) is 9.59 Å². The van der Waals surface area contributed by atoms with Gasteiger partial charge in [0, 0.05) is 18.0 Å². The summed E-state index contributed by atoms with van der Waals surface area (Å²) in [5, 5.41) is 0. The molecular weight excluding hydrogens is 342 g/mol. The van der Waals surface area contributed by atoms with Crippen LogP contribution in [0.4, 0.5) is 0 Å². The summed E-state index contributed by atoms with van der Waals surface area (Å²) in [5.74, 6) is 0.636. The van der Waals surface area contributed by atoms with Crippen molar-refractivity contribution in [3.63, 3.8) is 0 Å². The molecule has 0 N–H and O–H groups in total. The number of aliphatic imine (C=N–C) groups is 2. The molecule has 0 bridgehead atoms. The fraction of sp³-hybridized carbons (Fsp3) is 0.333. The van der Waals surface area contributed by atoms with Crippen molar-refractivity contribution in [2.24, 2.45) is 21.8 Å². The van der Waals surface area contributed by atoms with Crippen molar-refractivity contribution in [3.8, 4) is 5.75 Å². The molecule has 6 heteroatoms. The maximum Gasteiger partial charge on any atom is 0.260 e. The lowest BCUT2D eigenvalue weighted by atomic mass is 9.96. The number of para-hydroxylation sites is 1. The number of carbonyl (C=O) groups is 2. The maximum absolute atomic E-state index is 12.8. The molecular formula is C21H21N3O3. The molecule has 1 aromatic carbocycles.